The van der Waals surface area contributed by atoms with Crippen LogP contribution in [0.1, 0.15) is 0 Å². The van der Waals surface area contributed by atoms with E-state index in [0.717, 1.165) is 6.07 Å². The molecule has 0 saturated heterocycles. The third kappa shape index (κ3) is 3.79. The Hall–Kier alpha value is -1.87. The van der Waals surface area contributed by atoms with Crippen molar-refractivity contribution >= 4 is 21.7 Å². The minimum absolute atomic E-state index is 0.0400. The predicted octanol–water partition coefficient (Wildman–Crippen LogP) is 1.48. The fraction of sp³-hybridized carbons (Fsp3) is 0. The minimum Gasteiger partial charge on any atom is -0.267 e. The van der Waals surface area contributed by atoms with Gasteiger partial charge >= 0.3 is 10.3 Å². The van der Waals surface area contributed by atoms with Gasteiger partial charge in [0.25, 0.3) is 5.69 Å². The highest BCUT2D eigenvalue weighted by atomic mass is 32.2. The zero-order valence-corrected chi connectivity index (χ0v) is 7.96. The van der Waals surface area contributed by atoms with Gasteiger partial charge in [0.15, 0.2) is 0 Å². The normalized spacial score (nSPS) is 11.8. The van der Waals surface area contributed by atoms with Crippen molar-refractivity contribution in [1.82, 2.24) is 0 Å². The Labute approximate surface area is 84.3 Å². The van der Waals surface area contributed by atoms with Crippen LogP contribution in [0.5, 0.6) is 0 Å². The van der Waals surface area contributed by atoms with Crippen LogP contribution in [-0.2, 0) is 10.3 Å². The molecule has 0 heterocycles. The molecule has 1 aromatic carbocycles. The topological polar surface area (TPSA) is 122 Å². The summed E-state index contributed by atoms with van der Waals surface area (Å²) in [5, 5.41) is 13.4. The third-order valence-corrected chi connectivity index (χ3v) is 1.59. The molecule has 0 aromatic heterocycles. The van der Waals surface area contributed by atoms with Gasteiger partial charge in [-0.15, -0.1) is 5.11 Å². The molecule has 0 fully saturated rings. The number of nitro benzene ring substituents is 1. The van der Waals surface area contributed by atoms with Gasteiger partial charge in [0.2, 0.25) is 0 Å². The first kappa shape index (κ1) is 11.2. The highest BCUT2D eigenvalue weighted by Gasteiger charge is 2.05. The van der Waals surface area contributed by atoms with Crippen molar-refractivity contribution in [1.29, 1.82) is 0 Å². The molecule has 0 radical (unpaired) electrons. The van der Waals surface area contributed by atoms with Crippen LogP contribution in [0.2, 0.25) is 0 Å². The van der Waals surface area contributed by atoms with Crippen molar-refractivity contribution in [3.63, 3.8) is 0 Å². The summed E-state index contributed by atoms with van der Waals surface area (Å²) in [6, 6.07) is 4.86. The smallest absolute Gasteiger partial charge is 0.267 e. The molecule has 0 atom stereocenters. The van der Waals surface area contributed by atoms with Crippen LogP contribution < -0.4 is 0 Å². The van der Waals surface area contributed by atoms with E-state index in [9.17, 15) is 18.5 Å². The molecule has 0 amide bonds. The molecule has 1 rings (SSSR count). The van der Waals surface area contributed by atoms with Crippen molar-refractivity contribution in [2.24, 2.45) is 9.63 Å². The number of nitro groups is 1. The van der Waals surface area contributed by atoms with Gasteiger partial charge in [-0.05, 0) is 10.6 Å². The molecule has 0 aliphatic carbocycles. The predicted molar refractivity (Wildman–Crippen MR) is 49.2 cm³/mol. The van der Waals surface area contributed by atoms with Gasteiger partial charge in [0, 0.05) is 12.1 Å². The largest absolute Gasteiger partial charge is 0.396 e. The minimum atomic E-state index is -4.57. The van der Waals surface area contributed by atoms with Crippen LogP contribution in [0.3, 0.4) is 0 Å². The van der Waals surface area contributed by atoms with E-state index in [-0.39, 0.29) is 11.4 Å². The van der Waals surface area contributed by atoms with E-state index < -0.39 is 15.2 Å². The average molecular weight is 231 g/mol. The number of rotatable bonds is 3. The molecule has 9 heteroatoms. The fourth-order valence-electron chi connectivity index (χ4n) is 0.768. The lowest BCUT2D eigenvalue weighted by atomic mass is 10.3. The van der Waals surface area contributed by atoms with Crippen LogP contribution in [-0.4, -0.2) is 17.9 Å². The van der Waals surface area contributed by atoms with E-state index >= 15 is 0 Å². The number of hydrogen-bond donors (Lipinski definition) is 1. The third-order valence-electron chi connectivity index (χ3n) is 1.30. The molecule has 0 bridgehead atoms. The van der Waals surface area contributed by atoms with Gasteiger partial charge in [-0.3, -0.25) is 14.7 Å². The van der Waals surface area contributed by atoms with Crippen LogP contribution in [0, 0.1) is 10.1 Å². The second kappa shape index (κ2) is 4.11. The molecule has 0 saturated carbocycles. The van der Waals surface area contributed by atoms with Crippen molar-refractivity contribution < 1.29 is 17.9 Å². The van der Waals surface area contributed by atoms with Gasteiger partial charge in [0.1, 0.15) is 0 Å². The molecule has 80 valence electrons. The molecule has 1 N–H and O–H groups in total. The average Bonchev–Trinajstić information content (AvgIpc) is 2.14. The first-order valence-electron chi connectivity index (χ1n) is 3.53. The molecule has 0 aliphatic rings. The SMILES string of the molecule is O=[N+]([O-])c1cccc(N=NS(=O)(=O)O)c1. The second-order valence-corrected chi connectivity index (χ2v) is 3.47. The summed E-state index contributed by atoms with van der Waals surface area (Å²) in [4.78, 5) is 9.66. The van der Waals surface area contributed by atoms with Crippen molar-refractivity contribution in [2.45, 2.75) is 0 Å². The Morgan fingerprint density at radius 3 is 2.60 bits per heavy atom. The molecule has 1 aromatic rings. The number of hydrogen-bond acceptors (Lipinski definition) is 5. The highest BCUT2D eigenvalue weighted by molar-refractivity contribution is 7.84. The van der Waals surface area contributed by atoms with Gasteiger partial charge in [-0.25, -0.2) is 0 Å². The molecular formula is C6H5N3O5S. The van der Waals surface area contributed by atoms with Crippen LogP contribution in [0.4, 0.5) is 11.4 Å². The van der Waals surface area contributed by atoms with E-state index in [4.69, 9.17) is 4.55 Å². The van der Waals surface area contributed by atoms with Crippen LogP contribution in [0.15, 0.2) is 33.9 Å². The molecule has 0 aliphatic heterocycles. The first-order valence-corrected chi connectivity index (χ1v) is 4.93. The van der Waals surface area contributed by atoms with E-state index in [1.807, 2.05) is 0 Å². The van der Waals surface area contributed by atoms with E-state index in [1.165, 1.54) is 18.2 Å². The lowest BCUT2D eigenvalue weighted by Gasteiger charge is -1.91. The first-order chi connectivity index (χ1) is 6.88. The van der Waals surface area contributed by atoms with E-state index in [2.05, 4.69) is 9.63 Å². The summed E-state index contributed by atoms with van der Waals surface area (Å²) in [5.74, 6) is 0. The van der Waals surface area contributed by atoms with Crippen molar-refractivity contribution in [2.75, 3.05) is 0 Å². The van der Waals surface area contributed by atoms with E-state index in [0.29, 0.717) is 0 Å². The second-order valence-electron chi connectivity index (χ2n) is 2.41. The van der Waals surface area contributed by atoms with Gasteiger partial charge < -0.3 is 0 Å². The zero-order valence-electron chi connectivity index (χ0n) is 7.14. The van der Waals surface area contributed by atoms with Gasteiger partial charge in [0.05, 0.1) is 10.6 Å². The van der Waals surface area contributed by atoms with Crippen molar-refractivity contribution in [3.05, 3.63) is 34.4 Å². The maximum absolute atomic E-state index is 10.3. The Balaban J connectivity index is 3.02. The quantitative estimate of drug-likeness (QED) is 0.365. The van der Waals surface area contributed by atoms with Crippen molar-refractivity contribution in [3.8, 4) is 0 Å². The fourth-order valence-corrected chi connectivity index (χ4v) is 0.965. The lowest BCUT2D eigenvalue weighted by Crippen LogP contribution is -1.88. The molecule has 0 unspecified atom stereocenters. The monoisotopic (exact) mass is 231 g/mol. The summed E-state index contributed by atoms with van der Waals surface area (Å²) in [6.45, 7) is 0. The number of non-ortho nitro benzene ring substituents is 1. The molecule has 15 heavy (non-hydrogen) atoms. The van der Waals surface area contributed by atoms with E-state index in [1.54, 1.807) is 0 Å². The Kier molecular flexibility index (Phi) is 3.07. The Bertz CT molecular complexity index is 509. The van der Waals surface area contributed by atoms with Crippen LogP contribution >= 0.6 is 0 Å². The van der Waals surface area contributed by atoms with Crippen LogP contribution in [0.25, 0.3) is 0 Å². The maximum Gasteiger partial charge on any atom is 0.396 e. The van der Waals surface area contributed by atoms with Gasteiger partial charge in [-0.1, -0.05) is 6.07 Å². The summed E-state index contributed by atoms with van der Waals surface area (Å²) < 4.78 is 31.2. The highest BCUT2D eigenvalue weighted by Crippen LogP contribution is 2.20. The number of benzene rings is 1. The summed E-state index contributed by atoms with van der Waals surface area (Å²) >= 11 is 0. The number of nitrogens with zero attached hydrogens (tertiary/aromatic N) is 3. The standard InChI is InChI=1S/C6H5N3O5S/c10-9(11)6-3-1-2-5(4-6)7-8-15(12,13)14/h1-4H,(H,12,13,14). The summed E-state index contributed by atoms with van der Waals surface area (Å²) in [6.07, 6.45) is 0. The summed E-state index contributed by atoms with van der Waals surface area (Å²) in [7, 11) is -4.57. The molecule has 0 spiro atoms. The summed E-state index contributed by atoms with van der Waals surface area (Å²) in [5.41, 5.74) is -0.288. The molecular weight excluding hydrogens is 226 g/mol. The lowest BCUT2D eigenvalue weighted by molar-refractivity contribution is -0.384. The zero-order chi connectivity index (χ0) is 11.5. The maximum atomic E-state index is 10.3. The Morgan fingerprint density at radius 2 is 2.07 bits per heavy atom. The van der Waals surface area contributed by atoms with Gasteiger partial charge in [-0.2, -0.15) is 8.42 Å². The Morgan fingerprint density at radius 1 is 1.40 bits per heavy atom. The molecule has 8 nitrogen and oxygen atoms in total.